The Hall–Kier alpha value is -3.44. The zero-order valence-electron chi connectivity index (χ0n) is 19.1. The van der Waals surface area contributed by atoms with Gasteiger partial charge < -0.3 is 19.7 Å². The van der Waals surface area contributed by atoms with E-state index in [0.717, 1.165) is 79.9 Å². The monoisotopic (exact) mass is 459 g/mol. The Bertz CT molecular complexity index is 1180. The molecule has 5 rings (SSSR count). The molecule has 1 aromatic carbocycles. The Morgan fingerprint density at radius 2 is 1.88 bits per heavy atom. The fourth-order valence-electron chi connectivity index (χ4n) is 5.14. The molecular formula is C26H29N5O3. The molecule has 3 heterocycles. The number of rotatable bonds is 6. The van der Waals surface area contributed by atoms with Crippen LogP contribution in [0.2, 0.25) is 0 Å². The van der Waals surface area contributed by atoms with E-state index in [-0.39, 0.29) is 18.6 Å². The zero-order chi connectivity index (χ0) is 23.5. The van der Waals surface area contributed by atoms with Gasteiger partial charge in [-0.05, 0) is 74.8 Å². The van der Waals surface area contributed by atoms with Crippen molar-refractivity contribution >= 4 is 22.8 Å². The van der Waals surface area contributed by atoms with Crippen molar-refractivity contribution in [1.29, 1.82) is 5.26 Å². The molecule has 0 spiro atoms. The summed E-state index contributed by atoms with van der Waals surface area (Å²) in [6, 6.07) is 11.6. The molecule has 1 aliphatic heterocycles. The van der Waals surface area contributed by atoms with Crippen LogP contribution in [0, 0.1) is 17.2 Å². The fraction of sp³-hybridized carbons (Fsp3) is 0.462. The van der Waals surface area contributed by atoms with E-state index in [1.807, 2.05) is 30.5 Å². The van der Waals surface area contributed by atoms with Crippen molar-refractivity contribution < 1.29 is 14.6 Å². The predicted octanol–water partition coefficient (Wildman–Crippen LogP) is 4.52. The number of pyridine rings is 1. The highest BCUT2D eigenvalue weighted by Gasteiger charge is 2.28. The first-order chi connectivity index (χ1) is 16.6. The lowest BCUT2D eigenvalue weighted by Gasteiger charge is -2.36. The number of carbonyl (C=O) groups is 1. The first-order valence-electron chi connectivity index (χ1n) is 12.1. The number of piperidine rings is 1. The number of imidazole rings is 1. The van der Waals surface area contributed by atoms with Crippen molar-refractivity contribution in [3.63, 3.8) is 0 Å². The number of hydrogen-bond acceptors (Lipinski definition) is 6. The molecular weight excluding hydrogens is 430 g/mol. The number of carboxylic acids is 1. The molecule has 0 atom stereocenters. The lowest BCUT2D eigenvalue weighted by Crippen LogP contribution is -2.39. The van der Waals surface area contributed by atoms with Crippen molar-refractivity contribution in [3.8, 4) is 17.5 Å². The van der Waals surface area contributed by atoms with Crippen LogP contribution < -0.4 is 4.90 Å². The third-order valence-corrected chi connectivity index (χ3v) is 7.04. The first-order valence-corrected chi connectivity index (χ1v) is 12.1. The van der Waals surface area contributed by atoms with Crippen LogP contribution in [-0.2, 0) is 9.53 Å². The average Bonchev–Trinajstić information content (AvgIpc) is 3.29. The van der Waals surface area contributed by atoms with Crippen molar-refractivity contribution in [1.82, 2.24) is 15.0 Å². The molecule has 0 radical (unpaired) electrons. The van der Waals surface area contributed by atoms with Crippen LogP contribution in [0.3, 0.4) is 0 Å². The average molecular weight is 460 g/mol. The highest BCUT2D eigenvalue weighted by atomic mass is 16.5. The van der Waals surface area contributed by atoms with Crippen molar-refractivity contribution in [3.05, 3.63) is 42.1 Å². The summed E-state index contributed by atoms with van der Waals surface area (Å²) in [5.74, 6) is 1.32. The molecule has 0 unspecified atom stereocenters. The Morgan fingerprint density at radius 3 is 2.56 bits per heavy atom. The van der Waals surface area contributed by atoms with E-state index < -0.39 is 5.97 Å². The number of aliphatic carboxylic acids is 1. The van der Waals surface area contributed by atoms with Gasteiger partial charge in [-0.3, -0.25) is 4.79 Å². The van der Waals surface area contributed by atoms with Gasteiger partial charge in [0.25, 0.3) is 0 Å². The summed E-state index contributed by atoms with van der Waals surface area (Å²) < 4.78 is 6.36. The Kier molecular flexibility index (Phi) is 6.45. The standard InChI is InChI=1S/C26H29N5O3/c27-15-18-3-7-22-23(13-18)30-26(29-22)19-4-8-24(28-16-19)31-11-9-21(10-12-31)34-20-5-1-17(2-6-20)14-25(32)33/h3-4,7-8,13,16-17,20-21H,1-2,5-6,9-12,14H2,(H,29,30)(H,32,33). The summed E-state index contributed by atoms with van der Waals surface area (Å²) in [6.45, 7) is 1.82. The number of fused-ring (bicyclic) bond motifs is 1. The smallest absolute Gasteiger partial charge is 0.303 e. The highest BCUT2D eigenvalue weighted by molar-refractivity contribution is 5.80. The van der Waals surface area contributed by atoms with Crippen molar-refractivity contribution in [2.45, 2.75) is 57.2 Å². The van der Waals surface area contributed by atoms with Crippen LogP contribution in [-0.4, -0.2) is 51.3 Å². The number of hydrogen-bond donors (Lipinski definition) is 2. The lowest BCUT2D eigenvalue weighted by molar-refractivity contribution is -0.138. The molecule has 8 heteroatoms. The number of benzene rings is 1. The second-order valence-corrected chi connectivity index (χ2v) is 9.40. The van der Waals surface area contributed by atoms with Crippen molar-refractivity contribution in [2.24, 2.45) is 5.92 Å². The molecule has 2 fully saturated rings. The molecule has 3 aromatic rings. The predicted molar refractivity (Wildman–Crippen MR) is 128 cm³/mol. The Morgan fingerprint density at radius 1 is 1.12 bits per heavy atom. The maximum absolute atomic E-state index is 10.9. The molecule has 8 nitrogen and oxygen atoms in total. The highest BCUT2D eigenvalue weighted by Crippen LogP contribution is 2.31. The number of ether oxygens (including phenoxy) is 1. The van der Waals surface area contributed by atoms with E-state index in [1.54, 1.807) is 6.07 Å². The van der Waals surface area contributed by atoms with Gasteiger partial charge in [-0.1, -0.05) is 0 Å². The van der Waals surface area contributed by atoms with Gasteiger partial charge in [0.05, 0.1) is 34.9 Å². The number of nitrogens with zero attached hydrogens (tertiary/aromatic N) is 4. The second kappa shape index (κ2) is 9.82. The summed E-state index contributed by atoms with van der Waals surface area (Å²) in [5, 5.41) is 18.1. The van der Waals surface area contributed by atoms with E-state index in [0.29, 0.717) is 11.5 Å². The lowest BCUT2D eigenvalue weighted by atomic mass is 9.85. The quantitative estimate of drug-likeness (QED) is 0.557. The summed E-state index contributed by atoms with van der Waals surface area (Å²) >= 11 is 0. The van der Waals surface area contributed by atoms with Gasteiger partial charge in [-0.25, -0.2) is 9.97 Å². The minimum Gasteiger partial charge on any atom is -0.481 e. The van der Waals surface area contributed by atoms with Crippen LogP contribution in [0.5, 0.6) is 0 Å². The van der Waals surface area contributed by atoms with Crippen molar-refractivity contribution in [2.75, 3.05) is 18.0 Å². The summed E-state index contributed by atoms with van der Waals surface area (Å²) in [4.78, 5) is 25.8. The van der Waals surface area contributed by atoms with Gasteiger partial charge in [-0.2, -0.15) is 5.26 Å². The molecule has 0 amide bonds. The maximum Gasteiger partial charge on any atom is 0.303 e. The van der Waals surface area contributed by atoms with Gasteiger partial charge in [0.1, 0.15) is 11.6 Å². The second-order valence-electron chi connectivity index (χ2n) is 9.40. The largest absolute Gasteiger partial charge is 0.481 e. The maximum atomic E-state index is 10.9. The van der Waals surface area contributed by atoms with Crippen LogP contribution in [0.1, 0.15) is 50.5 Å². The number of nitriles is 1. The molecule has 2 N–H and O–H groups in total. The molecule has 176 valence electrons. The minimum absolute atomic E-state index is 0.269. The zero-order valence-corrected chi connectivity index (χ0v) is 19.1. The Labute approximate surface area is 198 Å². The third-order valence-electron chi connectivity index (χ3n) is 7.04. The molecule has 1 saturated carbocycles. The number of aromatic nitrogens is 3. The van der Waals surface area contributed by atoms with Crippen LogP contribution in [0.25, 0.3) is 22.4 Å². The normalized spacial score (nSPS) is 21.4. The van der Waals surface area contributed by atoms with E-state index in [2.05, 4.69) is 25.9 Å². The third kappa shape index (κ3) is 5.05. The summed E-state index contributed by atoms with van der Waals surface area (Å²) in [7, 11) is 0. The van der Waals surface area contributed by atoms with Gasteiger partial charge >= 0.3 is 5.97 Å². The SMILES string of the molecule is N#Cc1ccc2nc(-c3ccc(N4CCC(OC5CCC(CC(=O)O)CC5)CC4)nc3)[nH]c2c1. The number of H-pyrrole nitrogens is 1. The molecule has 2 aliphatic rings. The fourth-order valence-corrected chi connectivity index (χ4v) is 5.14. The molecule has 1 saturated heterocycles. The summed E-state index contributed by atoms with van der Waals surface area (Å²) in [6.07, 6.45) is 8.48. The van der Waals surface area contributed by atoms with Gasteiger partial charge in [-0.15, -0.1) is 0 Å². The van der Waals surface area contributed by atoms with Crippen LogP contribution in [0.15, 0.2) is 36.5 Å². The molecule has 0 bridgehead atoms. The first kappa shape index (κ1) is 22.4. The molecule has 34 heavy (non-hydrogen) atoms. The number of aromatic amines is 1. The van der Waals surface area contributed by atoms with Crippen LogP contribution in [0.4, 0.5) is 5.82 Å². The van der Waals surface area contributed by atoms with Gasteiger partial charge in [0, 0.05) is 31.3 Å². The number of carboxylic acid groups (broad SMARTS) is 1. The van der Waals surface area contributed by atoms with E-state index >= 15 is 0 Å². The number of nitrogens with one attached hydrogen (secondary N) is 1. The topological polar surface area (TPSA) is 115 Å². The van der Waals surface area contributed by atoms with E-state index in [1.165, 1.54) is 0 Å². The van der Waals surface area contributed by atoms with Gasteiger partial charge in [0.15, 0.2) is 0 Å². The molecule has 1 aliphatic carbocycles. The van der Waals surface area contributed by atoms with E-state index in [9.17, 15) is 4.79 Å². The minimum atomic E-state index is -0.690. The van der Waals surface area contributed by atoms with Crippen LogP contribution >= 0.6 is 0 Å². The molecule has 2 aromatic heterocycles. The van der Waals surface area contributed by atoms with Gasteiger partial charge in [0.2, 0.25) is 0 Å². The Balaban J connectivity index is 1.13. The number of anilines is 1. The summed E-state index contributed by atoms with van der Waals surface area (Å²) in [5.41, 5.74) is 3.19. The van der Waals surface area contributed by atoms with E-state index in [4.69, 9.17) is 15.1 Å².